The maximum atomic E-state index is 12.3. The standard InChI is InChI=1S/C17H25N3O4/c1-12-5-6-13(16(21)19(2)3)9-15(12)18-17(22)20-10-14(11-20)24-8-7-23-4/h5-6,9,14H,7-8,10-11H2,1-4H3,(H,18,22). The summed E-state index contributed by atoms with van der Waals surface area (Å²) in [6.07, 6.45) is 0.0636. The first-order valence-electron chi connectivity index (χ1n) is 7.91. The normalized spacial score (nSPS) is 14.2. The second-order valence-electron chi connectivity index (χ2n) is 6.05. The molecule has 1 aliphatic heterocycles. The van der Waals surface area contributed by atoms with E-state index in [4.69, 9.17) is 9.47 Å². The average molecular weight is 335 g/mol. The first kappa shape index (κ1) is 18.2. The van der Waals surface area contributed by atoms with Crippen LogP contribution in [0.4, 0.5) is 10.5 Å². The van der Waals surface area contributed by atoms with Crippen molar-refractivity contribution in [3.63, 3.8) is 0 Å². The number of amides is 3. The van der Waals surface area contributed by atoms with Gasteiger partial charge in [0.15, 0.2) is 0 Å². The van der Waals surface area contributed by atoms with Gasteiger partial charge in [-0.05, 0) is 24.6 Å². The predicted octanol–water partition coefficient (Wildman–Crippen LogP) is 1.58. The van der Waals surface area contributed by atoms with E-state index in [0.29, 0.717) is 37.6 Å². The Morgan fingerprint density at radius 3 is 2.62 bits per heavy atom. The summed E-state index contributed by atoms with van der Waals surface area (Å²) in [6.45, 7) is 4.10. The largest absolute Gasteiger partial charge is 0.382 e. The van der Waals surface area contributed by atoms with E-state index < -0.39 is 0 Å². The number of urea groups is 1. The lowest BCUT2D eigenvalue weighted by atomic mass is 10.1. The highest BCUT2D eigenvalue weighted by Gasteiger charge is 2.31. The molecule has 0 radical (unpaired) electrons. The van der Waals surface area contributed by atoms with Crippen LogP contribution in [0.3, 0.4) is 0 Å². The van der Waals surface area contributed by atoms with Crippen LogP contribution in [0.1, 0.15) is 15.9 Å². The van der Waals surface area contributed by atoms with Crippen LogP contribution >= 0.6 is 0 Å². The fourth-order valence-corrected chi connectivity index (χ4v) is 2.35. The van der Waals surface area contributed by atoms with Gasteiger partial charge in [0.25, 0.3) is 5.91 Å². The Hall–Kier alpha value is -2.12. The Morgan fingerprint density at radius 1 is 1.29 bits per heavy atom. The molecule has 2 rings (SSSR count). The Morgan fingerprint density at radius 2 is 2.00 bits per heavy atom. The molecular weight excluding hydrogens is 310 g/mol. The molecule has 0 saturated carbocycles. The van der Waals surface area contributed by atoms with Crippen LogP contribution in [0.2, 0.25) is 0 Å². The highest BCUT2D eigenvalue weighted by molar-refractivity contribution is 5.97. The average Bonchev–Trinajstić information content (AvgIpc) is 2.50. The number of nitrogens with one attached hydrogen (secondary N) is 1. The van der Waals surface area contributed by atoms with E-state index in [9.17, 15) is 9.59 Å². The van der Waals surface area contributed by atoms with Crippen LogP contribution in [0.5, 0.6) is 0 Å². The molecule has 132 valence electrons. The molecule has 1 fully saturated rings. The van der Waals surface area contributed by atoms with Crippen LogP contribution in [0, 0.1) is 6.92 Å². The summed E-state index contributed by atoms with van der Waals surface area (Å²) in [5.41, 5.74) is 2.11. The van der Waals surface area contributed by atoms with Gasteiger partial charge in [-0.25, -0.2) is 4.79 Å². The molecule has 1 aromatic rings. The van der Waals surface area contributed by atoms with Crippen molar-refractivity contribution in [2.75, 3.05) is 52.8 Å². The Balaban J connectivity index is 1.91. The summed E-state index contributed by atoms with van der Waals surface area (Å²) in [7, 11) is 5.02. The molecule has 0 spiro atoms. The smallest absolute Gasteiger partial charge is 0.322 e. The molecule has 0 atom stereocenters. The van der Waals surface area contributed by atoms with Crippen molar-refractivity contribution in [2.45, 2.75) is 13.0 Å². The SMILES string of the molecule is COCCOC1CN(C(=O)Nc2cc(C(=O)N(C)C)ccc2C)C1. The molecule has 0 aliphatic carbocycles. The third kappa shape index (κ3) is 4.46. The van der Waals surface area contributed by atoms with Gasteiger partial charge in [0, 0.05) is 32.5 Å². The molecule has 1 heterocycles. The lowest BCUT2D eigenvalue weighted by molar-refractivity contribution is -0.0486. The van der Waals surface area contributed by atoms with Crippen molar-refractivity contribution in [2.24, 2.45) is 0 Å². The minimum atomic E-state index is -0.181. The minimum Gasteiger partial charge on any atom is -0.382 e. The molecule has 7 heteroatoms. The fraction of sp³-hybridized carbons (Fsp3) is 0.529. The summed E-state index contributed by atoms with van der Waals surface area (Å²) >= 11 is 0. The third-order valence-electron chi connectivity index (χ3n) is 3.91. The van der Waals surface area contributed by atoms with Gasteiger partial charge in [0.2, 0.25) is 0 Å². The summed E-state index contributed by atoms with van der Waals surface area (Å²) < 4.78 is 10.5. The third-order valence-corrected chi connectivity index (χ3v) is 3.91. The highest BCUT2D eigenvalue weighted by Crippen LogP contribution is 2.20. The lowest BCUT2D eigenvalue weighted by Crippen LogP contribution is -2.56. The summed E-state index contributed by atoms with van der Waals surface area (Å²) in [6, 6.07) is 5.12. The molecule has 0 aromatic heterocycles. The van der Waals surface area contributed by atoms with E-state index in [1.165, 1.54) is 4.90 Å². The van der Waals surface area contributed by atoms with E-state index in [1.54, 1.807) is 38.2 Å². The van der Waals surface area contributed by atoms with E-state index in [-0.39, 0.29) is 18.0 Å². The Labute approximate surface area is 142 Å². The van der Waals surface area contributed by atoms with Crippen molar-refractivity contribution in [1.29, 1.82) is 0 Å². The van der Waals surface area contributed by atoms with Crippen LogP contribution in [0.25, 0.3) is 0 Å². The molecule has 24 heavy (non-hydrogen) atoms. The van der Waals surface area contributed by atoms with Crippen molar-refractivity contribution < 1.29 is 19.1 Å². The van der Waals surface area contributed by atoms with Crippen molar-refractivity contribution in [3.05, 3.63) is 29.3 Å². The molecule has 7 nitrogen and oxygen atoms in total. The number of carbonyl (C=O) groups excluding carboxylic acids is 2. The van der Waals surface area contributed by atoms with Gasteiger partial charge in [-0.3, -0.25) is 4.79 Å². The van der Waals surface area contributed by atoms with Crippen molar-refractivity contribution in [1.82, 2.24) is 9.80 Å². The zero-order valence-electron chi connectivity index (χ0n) is 14.7. The first-order chi connectivity index (χ1) is 11.4. The minimum absolute atomic E-state index is 0.0636. The summed E-state index contributed by atoms with van der Waals surface area (Å²) in [4.78, 5) is 27.5. The van der Waals surface area contributed by atoms with Gasteiger partial charge in [-0.15, -0.1) is 0 Å². The number of methoxy groups -OCH3 is 1. The van der Waals surface area contributed by atoms with Crippen LogP contribution in [-0.2, 0) is 9.47 Å². The Kier molecular flexibility index (Phi) is 6.16. The molecule has 1 aliphatic rings. The quantitative estimate of drug-likeness (QED) is 0.801. The number of carbonyl (C=O) groups is 2. The van der Waals surface area contributed by atoms with E-state index in [1.807, 2.05) is 13.0 Å². The molecule has 0 bridgehead atoms. The predicted molar refractivity (Wildman–Crippen MR) is 91.4 cm³/mol. The topological polar surface area (TPSA) is 71.1 Å². The van der Waals surface area contributed by atoms with Crippen LogP contribution < -0.4 is 5.32 Å². The second kappa shape index (κ2) is 8.12. The van der Waals surface area contributed by atoms with Gasteiger partial charge in [0.05, 0.1) is 32.4 Å². The van der Waals surface area contributed by atoms with Gasteiger partial charge < -0.3 is 24.6 Å². The Bertz CT molecular complexity index is 597. The zero-order chi connectivity index (χ0) is 17.7. The second-order valence-corrected chi connectivity index (χ2v) is 6.05. The molecule has 1 N–H and O–H groups in total. The van der Waals surface area contributed by atoms with Gasteiger partial charge in [-0.1, -0.05) is 6.07 Å². The monoisotopic (exact) mass is 335 g/mol. The lowest BCUT2D eigenvalue weighted by Gasteiger charge is -2.38. The highest BCUT2D eigenvalue weighted by atomic mass is 16.5. The van der Waals surface area contributed by atoms with Gasteiger partial charge in [-0.2, -0.15) is 0 Å². The number of nitrogens with zero attached hydrogens (tertiary/aromatic N) is 2. The van der Waals surface area contributed by atoms with Gasteiger partial charge >= 0.3 is 6.03 Å². The first-order valence-corrected chi connectivity index (χ1v) is 7.91. The van der Waals surface area contributed by atoms with Crippen molar-refractivity contribution in [3.8, 4) is 0 Å². The number of hydrogen-bond acceptors (Lipinski definition) is 4. The number of aryl methyl sites for hydroxylation is 1. The van der Waals surface area contributed by atoms with Gasteiger partial charge in [0.1, 0.15) is 0 Å². The number of rotatable bonds is 6. The molecule has 0 unspecified atom stereocenters. The van der Waals surface area contributed by atoms with Crippen molar-refractivity contribution >= 4 is 17.6 Å². The van der Waals surface area contributed by atoms with E-state index >= 15 is 0 Å². The molecular formula is C17H25N3O4. The molecule has 3 amide bonds. The summed E-state index contributed by atoms with van der Waals surface area (Å²) in [5, 5.41) is 2.87. The maximum absolute atomic E-state index is 12.3. The number of anilines is 1. The van der Waals surface area contributed by atoms with E-state index in [2.05, 4.69) is 5.32 Å². The molecule has 1 saturated heterocycles. The zero-order valence-corrected chi connectivity index (χ0v) is 14.7. The number of benzene rings is 1. The van der Waals surface area contributed by atoms with E-state index in [0.717, 1.165) is 5.56 Å². The number of likely N-dealkylation sites (tertiary alicyclic amines) is 1. The number of ether oxygens (including phenoxy) is 2. The number of hydrogen-bond donors (Lipinski definition) is 1. The molecule has 1 aromatic carbocycles. The maximum Gasteiger partial charge on any atom is 0.322 e. The fourth-order valence-electron chi connectivity index (χ4n) is 2.35. The van der Waals surface area contributed by atoms with Crippen LogP contribution in [0.15, 0.2) is 18.2 Å². The summed E-state index contributed by atoms with van der Waals surface area (Å²) in [5.74, 6) is -0.0962. The van der Waals surface area contributed by atoms with Crippen LogP contribution in [-0.4, -0.2) is 75.4 Å².